The van der Waals surface area contributed by atoms with Crippen LogP contribution in [-0.4, -0.2) is 0 Å². The van der Waals surface area contributed by atoms with E-state index in [1.807, 2.05) is 6.07 Å². The molecule has 1 aliphatic rings. The Labute approximate surface area is 119 Å². The second kappa shape index (κ2) is 5.36. The number of hydrogen-bond donors (Lipinski definition) is 1. The molecule has 2 atom stereocenters. The summed E-state index contributed by atoms with van der Waals surface area (Å²) in [5.74, 6) is 0. The minimum absolute atomic E-state index is 0.368. The van der Waals surface area contributed by atoms with Crippen molar-refractivity contribution in [3.63, 3.8) is 0 Å². The van der Waals surface area contributed by atoms with E-state index in [0.29, 0.717) is 12.1 Å². The van der Waals surface area contributed by atoms with Gasteiger partial charge in [-0.1, -0.05) is 48.0 Å². The molecule has 0 radical (unpaired) electrons. The molecule has 2 aromatic rings. The maximum Gasteiger partial charge on any atom is 0.0408 e. The smallest absolute Gasteiger partial charge is 0.0408 e. The van der Waals surface area contributed by atoms with Gasteiger partial charge >= 0.3 is 0 Å². The average molecular weight is 272 g/mol. The summed E-state index contributed by atoms with van der Waals surface area (Å²) in [5.41, 5.74) is 4.14. The summed E-state index contributed by atoms with van der Waals surface area (Å²) < 4.78 is 0. The molecule has 1 N–H and O–H groups in total. The Bertz CT molecular complexity index is 565. The summed E-state index contributed by atoms with van der Waals surface area (Å²) in [4.78, 5) is 0. The fourth-order valence-electron chi connectivity index (χ4n) is 2.90. The Morgan fingerprint density at radius 1 is 1.16 bits per heavy atom. The molecule has 0 aliphatic heterocycles. The summed E-state index contributed by atoms with van der Waals surface area (Å²) in [6, 6.07) is 17.7. The zero-order valence-corrected chi connectivity index (χ0v) is 11.8. The fourth-order valence-corrected chi connectivity index (χ4v) is 3.09. The van der Waals surface area contributed by atoms with Crippen molar-refractivity contribution >= 4 is 11.6 Å². The molecule has 2 heteroatoms. The molecule has 1 aliphatic carbocycles. The van der Waals surface area contributed by atoms with Crippen LogP contribution in [0, 0.1) is 0 Å². The second-order valence-electron chi connectivity index (χ2n) is 5.23. The van der Waals surface area contributed by atoms with Crippen molar-refractivity contribution in [2.45, 2.75) is 31.8 Å². The third kappa shape index (κ3) is 2.68. The summed E-state index contributed by atoms with van der Waals surface area (Å²) in [6.45, 7) is 2.23. The molecule has 0 fully saturated rings. The molecule has 19 heavy (non-hydrogen) atoms. The Kier molecular flexibility index (Phi) is 3.58. The van der Waals surface area contributed by atoms with E-state index in [1.165, 1.54) is 16.7 Å². The lowest BCUT2D eigenvalue weighted by molar-refractivity contribution is 0.465. The third-order valence-electron chi connectivity index (χ3n) is 3.93. The van der Waals surface area contributed by atoms with Gasteiger partial charge < -0.3 is 5.32 Å². The SMILES string of the molecule is CC(NC1CCc2cc(Cl)ccc21)c1ccccc1. The van der Waals surface area contributed by atoms with E-state index in [4.69, 9.17) is 11.6 Å². The van der Waals surface area contributed by atoms with Crippen LogP contribution in [0.3, 0.4) is 0 Å². The Hall–Kier alpha value is -1.31. The highest BCUT2D eigenvalue weighted by Crippen LogP contribution is 2.34. The minimum Gasteiger partial charge on any atom is -0.303 e. The van der Waals surface area contributed by atoms with Gasteiger partial charge in [0.15, 0.2) is 0 Å². The number of nitrogens with one attached hydrogen (secondary N) is 1. The van der Waals surface area contributed by atoms with Crippen molar-refractivity contribution in [1.29, 1.82) is 0 Å². The van der Waals surface area contributed by atoms with E-state index in [2.05, 4.69) is 54.7 Å². The molecule has 0 aromatic heterocycles. The Morgan fingerprint density at radius 3 is 2.74 bits per heavy atom. The monoisotopic (exact) mass is 271 g/mol. The number of benzene rings is 2. The van der Waals surface area contributed by atoms with E-state index in [9.17, 15) is 0 Å². The van der Waals surface area contributed by atoms with Gasteiger partial charge in [-0.3, -0.25) is 0 Å². The van der Waals surface area contributed by atoms with Gasteiger partial charge in [0.1, 0.15) is 0 Å². The number of hydrogen-bond acceptors (Lipinski definition) is 1. The summed E-state index contributed by atoms with van der Waals surface area (Å²) >= 11 is 6.05. The molecule has 98 valence electrons. The molecule has 2 unspecified atom stereocenters. The van der Waals surface area contributed by atoms with Crippen molar-refractivity contribution < 1.29 is 0 Å². The molecule has 0 spiro atoms. The number of rotatable bonds is 3. The molecule has 2 aromatic carbocycles. The first-order chi connectivity index (χ1) is 9.24. The van der Waals surface area contributed by atoms with Crippen LogP contribution in [0.15, 0.2) is 48.5 Å². The van der Waals surface area contributed by atoms with Gasteiger partial charge in [0, 0.05) is 17.1 Å². The largest absolute Gasteiger partial charge is 0.303 e. The third-order valence-corrected chi connectivity index (χ3v) is 4.17. The lowest BCUT2D eigenvalue weighted by Crippen LogP contribution is -2.22. The van der Waals surface area contributed by atoms with Crippen molar-refractivity contribution in [2.75, 3.05) is 0 Å². The first kappa shape index (κ1) is 12.7. The molecule has 0 saturated carbocycles. The minimum atomic E-state index is 0.368. The molecule has 0 amide bonds. The van der Waals surface area contributed by atoms with Crippen molar-refractivity contribution in [3.8, 4) is 0 Å². The van der Waals surface area contributed by atoms with Crippen LogP contribution >= 0.6 is 11.6 Å². The molecule has 3 rings (SSSR count). The van der Waals surface area contributed by atoms with E-state index < -0.39 is 0 Å². The standard InChI is InChI=1S/C17H18ClN/c1-12(13-5-3-2-4-6-13)19-17-10-7-14-11-15(18)8-9-16(14)17/h2-6,8-9,11-12,17,19H,7,10H2,1H3. The zero-order chi connectivity index (χ0) is 13.2. The van der Waals surface area contributed by atoms with Crippen molar-refractivity contribution in [2.24, 2.45) is 0 Å². The molecule has 1 nitrogen and oxygen atoms in total. The highest BCUT2D eigenvalue weighted by atomic mass is 35.5. The quantitative estimate of drug-likeness (QED) is 0.855. The molecule has 0 saturated heterocycles. The van der Waals surface area contributed by atoms with Gasteiger partial charge in [-0.2, -0.15) is 0 Å². The van der Waals surface area contributed by atoms with Crippen LogP contribution in [0.1, 0.15) is 42.1 Å². The van der Waals surface area contributed by atoms with Gasteiger partial charge in [-0.05, 0) is 48.6 Å². The van der Waals surface area contributed by atoms with Crippen LogP contribution in [0.5, 0.6) is 0 Å². The zero-order valence-electron chi connectivity index (χ0n) is 11.1. The van der Waals surface area contributed by atoms with E-state index in [-0.39, 0.29) is 0 Å². The number of fused-ring (bicyclic) bond motifs is 1. The lowest BCUT2D eigenvalue weighted by Gasteiger charge is -2.20. The van der Waals surface area contributed by atoms with Gasteiger partial charge in [-0.15, -0.1) is 0 Å². The van der Waals surface area contributed by atoms with Crippen molar-refractivity contribution in [1.82, 2.24) is 5.32 Å². The lowest BCUT2D eigenvalue weighted by atomic mass is 10.0. The van der Waals surface area contributed by atoms with Crippen molar-refractivity contribution in [3.05, 3.63) is 70.2 Å². The molecular formula is C17H18ClN. The van der Waals surface area contributed by atoms with Crippen LogP contribution in [0.25, 0.3) is 0 Å². The van der Waals surface area contributed by atoms with E-state index >= 15 is 0 Å². The predicted octanol–water partition coefficient (Wildman–Crippen LogP) is 4.68. The summed E-state index contributed by atoms with van der Waals surface area (Å²) in [6.07, 6.45) is 2.28. The van der Waals surface area contributed by atoms with E-state index in [1.54, 1.807) is 0 Å². The molecular weight excluding hydrogens is 254 g/mol. The number of halogens is 1. The maximum atomic E-state index is 6.05. The highest BCUT2D eigenvalue weighted by Gasteiger charge is 2.23. The fraction of sp³-hybridized carbons (Fsp3) is 0.294. The van der Waals surface area contributed by atoms with Crippen LogP contribution in [0.4, 0.5) is 0 Å². The predicted molar refractivity (Wildman–Crippen MR) is 80.5 cm³/mol. The maximum absolute atomic E-state index is 6.05. The first-order valence-corrected chi connectivity index (χ1v) is 7.21. The van der Waals surface area contributed by atoms with Gasteiger partial charge in [-0.25, -0.2) is 0 Å². The van der Waals surface area contributed by atoms with E-state index in [0.717, 1.165) is 17.9 Å². The number of aryl methyl sites for hydroxylation is 1. The van der Waals surface area contributed by atoms with Crippen LogP contribution < -0.4 is 5.32 Å². The topological polar surface area (TPSA) is 12.0 Å². The average Bonchev–Trinajstić information content (AvgIpc) is 2.82. The second-order valence-corrected chi connectivity index (χ2v) is 5.67. The molecule has 0 bridgehead atoms. The Morgan fingerprint density at radius 2 is 1.95 bits per heavy atom. The van der Waals surface area contributed by atoms with Gasteiger partial charge in [0.05, 0.1) is 0 Å². The first-order valence-electron chi connectivity index (χ1n) is 6.83. The summed E-state index contributed by atoms with van der Waals surface area (Å²) in [7, 11) is 0. The van der Waals surface area contributed by atoms with Gasteiger partial charge in [0.25, 0.3) is 0 Å². The van der Waals surface area contributed by atoms with Gasteiger partial charge in [0.2, 0.25) is 0 Å². The van der Waals surface area contributed by atoms with Crippen LogP contribution in [-0.2, 0) is 6.42 Å². The highest BCUT2D eigenvalue weighted by molar-refractivity contribution is 6.30. The summed E-state index contributed by atoms with van der Waals surface area (Å²) in [5, 5.41) is 4.57. The Balaban J connectivity index is 1.76. The normalized spacial score (nSPS) is 19.2. The van der Waals surface area contributed by atoms with Crippen LogP contribution in [0.2, 0.25) is 5.02 Å². The molecule has 0 heterocycles.